The number of nitrogens with zero attached hydrogens (tertiary/aromatic N) is 4. The third-order valence-corrected chi connectivity index (χ3v) is 11.2. The van der Waals surface area contributed by atoms with E-state index in [0.717, 1.165) is 0 Å². The van der Waals surface area contributed by atoms with Gasteiger partial charge in [-0.15, -0.1) is 0 Å². The molecule has 12 heteroatoms. The Labute approximate surface area is 206 Å². The number of nitrogens with two attached hydrogens (primary N) is 1. The number of amides is 1. The summed E-state index contributed by atoms with van der Waals surface area (Å²) in [4.78, 5) is 36.1. The molecule has 0 saturated carbocycles. The van der Waals surface area contributed by atoms with E-state index in [0.29, 0.717) is 6.42 Å². The molecular formula is C23H36N7O4Si. The summed E-state index contributed by atoms with van der Waals surface area (Å²) < 4.78 is 14.7. The first-order valence-corrected chi connectivity index (χ1v) is 14.7. The molecule has 0 spiro atoms. The molecule has 1 aliphatic heterocycles. The fraction of sp³-hybridized carbons (Fsp3) is 0.652. The van der Waals surface area contributed by atoms with E-state index in [2.05, 4.69) is 60.2 Å². The van der Waals surface area contributed by atoms with Crippen LogP contribution in [0.25, 0.3) is 11.2 Å². The molecule has 191 valence electrons. The number of ether oxygens (including phenoxy) is 1. The number of anilines is 1. The average Bonchev–Trinajstić information content (AvgIpc) is 3.29. The minimum Gasteiger partial charge on any atom is -0.408 e. The van der Waals surface area contributed by atoms with Crippen molar-refractivity contribution in [1.29, 1.82) is 5.26 Å². The van der Waals surface area contributed by atoms with Gasteiger partial charge in [0.1, 0.15) is 6.10 Å². The fourth-order valence-corrected chi connectivity index (χ4v) is 4.89. The van der Waals surface area contributed by atoms with Crippen LogP contribution in [-0.4, -0.2) is 52.0 Å². The van der Waals surface area contributed by atoms with E-state index in [-0.39, 0.29) is 46.5 Å². The lowest BCUT2D eigenvalue weighted by atomic mass is 10.0. The van der Waals surface area contributed by atoms with Crippen molar-refractivity contribution in [2.24, 2.45) is 11.7 Å². The third kappa shape index (κ3) is 5.64. The maximum Gasteiger partial charge on any atom is 0.280 e. The van der Waals surface area contributed by atoms with Crippen molar-refractivity contribution in [3.05, 3.63) is 23.1 Å². The Morgan fingerprint density at radius 2 is 2.14 bits per heavy atom. The number of nitrogens with one attached hydrogen (secondary N) is 2. The molecule has 4 atom stereocenters. The summed E-state index contributed by atoms with van der Waals surface area (Å²) in [6, 6.07) is 1.63. The standard InChI is InChI=1S/C23H36N7O4Si/c1-13(2)19(31)28-22-27-18-16(20(32)29-22)26-12-30(18)21-17(34-35(6,7)23(3,4)5)15(25)14(33-21)10-8-9-11-24/h8,12-15,17,21H,9-10,25H2,1-7H3,(H2,27,28,29,31,32)/t14-,15+,17+,21+/m0/s1. The molecule has 0 aliphatic carbocycles. The highest BCUT2D eigenvalue weighted by Gasteiger charge is 2.49. The Morgan fingerprint density at radius 1 is 1.46 bits per heavy atom. The van der Waals surface area contributed by atoms with Gasteiger partial charge in [0, 0.05) is 12.3 Å². The van der Waals surface area contributed by atoms with Crippen LogP contribution >= 0.6 is 0 Å². The van der Waals surface area contributed by atoms with Crippen LogP contribution in [0.3, 0.4) is 0 Å². The molecule has 1 aliphatic rings. The van der Waals surface area contributed by atoms with Gasteiger partial charge in [0.2, 0.25) is 11.9 Å². The van der Waals surface area contributed by atoms with Crippen LogP contribution in [0.1, 0.15) is 53.7 Å². The Bertz CT molecular complexity index is 1160. The lowest BCUT2D eigenvalue weighted by Crippen LogP contribution is -2.51. The molecule has 0 unspecified atom stereocenters. The van der Waals surface area contributed by atoms with Crippen molar-refractivity contribution in [3.63, 3.8) is 0 Å². The lowest BCUT2D eigenvalue weighted by Gasteiger charge is -2.40. The first-order valence-electron chi connectivity index (χ1n) is 11.8. The normalized spacial score (nSPS) is 23.1. The minimum absolute atomic E-state index is 0.0333. The highest BCUT2D eigenvalue weighted by Crippen LogP contribution is 2.42. The first-order chi connectivity index (χ1) is 16.3. The fourth-order valence-electron chi connectivity index (χ4n) is 3.58. The van der Waals surface area contributed by atoms with Crippen molar-refractivity contribution < 1.29 is 14.0 Å². The second-order valence-electron chi connectivity index (χ2n) is 10.8. The molecule has 1 radical (unpaired) electrons. The van der Waals surface area contributed by atoms with Gasteiger partial charge in [0.25, 0.3) is 5.56 Å². The Hall–Kier alpha value is -2.59. The van der Waals surface area contributed by atoms with Crippen molar-refractivity contribution >= 4 is 31.3 Å². The zero-order valence-corrected chi connectivity index (χ0v) is 22.5. The van der Waals surface area contributed by atoms with E-state index in [9.17, 15) is 9.59 Å². The number of imidazole rings is 1. The molecule has 1 fully saturated rings. The van der Waals surface area contributed by atoms with Crippen LogP contribution in [0.2, 0.25) is 18.1 Å². The maximum absolute atomic E-state index is 12.7. The van der Waals surface area contributed by atoms with Crippen LogP contribution < -0.4 is 16.6 Å². The zero-order valence-electron chi connectivity index (χ0n) is 21.5. The van der Waals surface area contributed by atoms with E-state index in [1.807, 2.05) is 6.42 Å². The quantitative estimate of drug-likeness (QED) is 0.367. The third-order valence-electron chi connectivity index (χ3n) is 6.75. The van der Waals surface area contributed by atoms with Gasteiger partial charge in [-0.2, -0.15) is 10.2 Å². The van der Waals surface area contributed by atoms with Crippen molar-refractivity contribution in [2.45, 2.75) is 90.1 Å². The number of hydrogen-bond acceptors (Lipinski definition) is 8. The maximum atomic E-state index is 12.7. The van der Waals surface area contributed by atoms with Gasteiger partial charge < -0.3 is 14.9 Å². The molecule has 2 aromatic rings. The van der Waals surface area contributed by atoms with Gasteiger partial charge in [-0.3, -0.25) is 24.5 Å². The van der Waals surface area contributed by atoms with Crippen molar-refractivity contribution in [1.82, 2.24) is 19.5 Å². The highest BCUT2D eigenvalue weighted by molar-refractivity contribution is 6.74. The number of hydrogen-bond donors (Lipinski definition) is 3. The summed E-state index contributed by atoms with van der Waals surface area (Å²) >= 11 is 0. The molecule has 3 heterocycles. The number of fused-ring (bicyclic) bond motifs is 1. The molecule has 1 saturated heterocycles. The van der Waals surface area contributed by atoms with E-state index >= 15 is 0 Å². The molecule has 11 nitrogen and oxygen atoms in total. The Kier molecular flexibility index (Phi) is 7.85. The van der Waals surface area contributed by atoms with Gasteiger partial charge in [-0.25, -0.2) is 4.98 Å². The van der Waals surface area contributed by atoms with E-state index in [4.69, 9.17) is 20.2 Å². The number of nitriles is 1. The molecule has 2 aromatic heterocycles. The molecular weight excluding hydrogens is 466 g/mol. The van der Waals surface area contributed by atoms with Crippen LogP contribution in [0.4, 0.5) is 5.95 Å². The monoisotopic (exact) mass is 502 g/mol. The molecule has 3 rings (SSSR count). The lowest BCUT2D eigenvalue weighted by molar-refractivity contribution is -0.118. The smallest absolute Gasteiger partial charge is 0.280 e. The van der Waals surface area contributed by atoms with Gasteiger partial charge in [0.15, 0.2) is 25.7 Å². The molecule has 4 N–H and O–H groups in total. The zero-order chi connectivity index (χ0) is 26.1. The minimum atomic E-state index is -2.26. The summed E-state index contributed by atoms with van der Waals surface area (Å²) in [7, 11) is -2.26. The molecule has 35 heavy (non-hydrogen) atoms. The van der Waals surface area contributed by atoms with Gasteiger partial charge in [-0.05, 0) is 31.0 Å². The second-order valence-corrected chi connectivity index (χ2v) is 15.5. The number of carbonyl (C=O) groups is 1. The number of carbonyl (C=O) groups excluding carboxylic acids is 1. The predicted octanol–water partition coefficient (Wildman–Crippen LogP) is 2.84. The average molecular weight is 503 g/mol. The Balaban J connectivity index is 2.03. The number of unbranched alkanes of at least 4 members (excludes halogenated alkanes) is 1. The number of rotatable bonds is 8. The topological polar surface area (TPSA) is 161 Å². The largest absolute Gasteiger partial charge is 0.408 e. The van der Waals surface area contributed by atoms with E-state index < -0.39 is 32.3 Å². The molecule has 0 bridgehead atoms. The van der Waals surface area contributed by atoms with Gasteiger partial charge in [-0.1, -0.05) is 34.6 Å². The van der Waals surface area contributed by atoms with Crippen molar-refractivity contribution in [3.8, 4) is 6.07 Å². The predicted molar refractivity (Wildman–Crippen MR) is 135 cm³/mol. The summed E-state index contributed by atoms with van der Waals surface area (Å²) in [5.41, 5.74) is 6.55. The van der Waals surface area contributed by atoms with Crippen LogP contribution in [0.15, 0.2) is 11.1 Å². The van der Waals surface area contributed by atoms with Crippen LogP contribution in [-0.2, 0) is 14.0 Å². The second kappa shape index (κ2) is 10.2. The molecule has 0 aromatic carbocycles. The highest BCUT2D eigenvalue weighted by atomic mass is 28.4. The van der Waals surface area contributed by atoms with Gasteiger partial charge in [0.05, 0.1) is 24.5 Å². The first kappa shape index (κ1) is 27.0. The molecule has 1 amide bonds. The summed E-state index contributed by atoms with van der Waals surface area (Å²) in [6.07, 6.45) is 2.50. The summed E-state index contributed by atoms with van der Waals surface area (Å²) in [6.45, 7) is 14.2. The van der Waals surface area contributed by atoms with Crippen LogP contribution in [0, 0.1) is 23.7 Å². The SMILES string of the molecule is CC(C)C(=O)Nc1nc2c(ncn2[C@@H]2O[C@@H](C[CH]CC#N)[C@@H](N)[C@H]2O[Si](C)(C)C(C)(C)C)c(=O)[nH]1. The summed E-state index contributed by atoms with van der Waals surface area (Å²) in [5.74, 6) is -0.527. The number of H-pyrrole nitrogens is 1. The van der Waals surface area contributed by atoms with E-state index in [1.54, 1.807) is 18.4 Å². The number of aromatic amines is 1. The van der Waals surface area contributed by atoms with Crippen molar-refractivity contribution in [2.75, 3.05) is 5.32 Å². The summed E-state index contributed by atoms with van der Waals surface area (Å²) in [5, 5.41) is 11.5. The van der Waals surface area contributed by atoms with Gasteiger partial charge >= 0.3 is 0 Å². The van der Waals surface area contributed by atoms with Crippen LogP contribution in [0.5, 0.6) is 0 Å². The number of aromatic nitrogens is 4. The Morgan fingerprint density at radius 3 is 2.74 bits per heavy atom. The van der Waals surface area contributed by atoms with E-state index in [1.165, 1.54) is 6.33 Å².